The molecule has 7 nitrogen and oxygen atoms in total. The number of benzene rings is 1. The highest BCUT2D eigenvalue weighted by molar-refractivity contribution is 6.35. The lowest BCUT2D eigenvalue weighted by atomic mass is 10.0. The SMILES string of the molecule is COc1ccc(/C(C)=N\NC(=O)C(=O)NC2CC2)cc1CN1CCCCC1. The number of hydrogen-bond acceptors (Lipinski definition) is 5. The molecule has 1 aliphatic heterocycles. The molecule has 1 saturated carbocycles. The number of carbonyl (C=O) groups is 2. The average molecular weight is 372 g/mol. The molecule has 2 N–H and O–H groups in total. The van der Waals surface area contributed by atoms with Crippen LogP contribution in [0.2, 0.25) is 0 Å². The maximum absolute atomic E-state index is 11.8. The van der Waals surface area contributed by atoms with Gasteiger partial charge >= 0.3 is 11.8 Å². The van der Waals surface area contributed by atoms with Crippen LogP contribution in [0, 0.1) is 0 Å². The first kappa shape index (κ1) is 19.4. The first-order chi connectivity index (χ1) is 13.1. The third-order valence-corrected chi connectivity index (χ3v) is 4.98. The van der Waals surface area contributed by atoms with Gasteiger partial charge in [0, 0.05) is 18.2 Å². The predicted octanol–water partition coefficient (Wildman–Crippen LogP) is 1.80. The van der Waals surface area contributed by atoms with E-state index in [0.29, 0.717) is 5.71 Å². The largest absolute Gasteiger partial charge is 0.496 e. The summed E-state index contributed by atoms with van der Waals surface area (Å²) in [5.41, 5.74) is 4.98. The minimum Gasteiger partial charge on any atom is -0.496 e. The van der Waals surface area contributed by atoms with Gasteiger partial charge in [0.15, 0.2) is 0 Å². The van der Waals surface area contributed by atoms with E-state index in [1.165, 1.54) is 19.3 Å². The molecule has 1 saturated heterocycles. The Morgan fingerprint density at radius 1 is 1.19 bits per heavy atom. The van der Waals surface area contributed by atoms with Gasteiger partial charge in [-0.15, -0.1) is 0 Å². The van der Waals surface area contributed by atoms with Crippen molar-refractivity contribution in [3.63, 3.8) is 0 Å². The van der Waals surface area contributed by atoms with Gasteiger partial charge in [-0.1, -0.05) is 6.42 Å². The van der Waals surface area contributed by atoms with Gasteiger partial charge in [-0.05, 0) is 69.5 Å². The Labute approximate surface area is 160 Å². The molecule has 1 heterocycles. The van der Waals surface area contributed by atoms with Crippen LogP contribution in [0.1, 0.15) is 50.2 Å². The van der Waals surface area contributed by atoms with Crippen molar-refractivity contribution in [2.24, 2.45) is 5.10 Å². The van der Waals surface area contributed by atoms with Crippen molar-refractivity contribution in [3.8, 4) is 5.75 Å². The van der Waals surface area contributed by atoms with Crippen LogP contribution in [0.5, 0.6) is 5.75 Å². The van der Waals surface area contributed by atoms with Crippen LogP contribution in [0.4, 0.5) is 0 Å². The molecule has 2 fully saturated rings. The third-order valence-electron chi connectivity index (χ3n) is 4.98. The second kappa shape index (κ2) is 8.99. The number of nitrogens with zero attached hydrogens (tertiary/aromatic N) is 2. The van der Waals surface area contributed by atoms with Crippen LogP contribution in [-0.2, 0) is 16.1 Å². The zero-order valence-electron chi connectivity index (χ0n) is 16.1. The van der Waals surface area contributed by atoms with Crippen LogP contribution in [0.25, 0.3) is 0 Å². The number of amides is 2. The van der Waals surface area contributed by atoms with Gasteiger partial charge in [-0.2, -0.15) is 5.10 Å². The minimum atomic E-state index is -0.733. The summed E-state index contributed by atoms with van der Waals surface area (Å²) in [6, 6.07) is 6.03. The topological polar surface area (TPSA) is 83.0 Å². The van der Waals surface area contributed by atoms with Crippen LogP contribution in [-0.4, -0.2) is 48.7 Å². The van der Waals surface area contributed by atoms with Crippen LogP contribution < -0.4 is 15.5 Å². The van der Waals surface area contributed by atoms with Crippen molar-refractivity contribution in [1.82, 2.24) is 15.6 Å². The molecule has 2 amide bonds. The van der Waals surface area contributed by atoms with Crippen molar-refractivity contribution in [1.29, 1.82) is 0 Å². The maximum Gasteiger partial charge on any atom is 0.329 e. The van der Waals surface area contributed by atoms with Crippen LogP contribution in [0.15, 0.2) is 23.3 Å². The smallest absolute Gasteiger partial charge is 0.329 e. The number of methoxy groups -OCH3 is 1. The zero-order chi connectivity index (χ0) is 19.2. The molecule has 1 aromatic carbocycles. The van der Waals surface area contributed by atoms with Gasteiger partial charge in [0.05, 0.1) is 12.8 Å². The van der Waals surface area contributed by atoms with E-state index in [4.69, 9.17) is 4.74 Å². The number of piperidine rings is 1. The molecule has 0 spiro atoms. The number of nitrogens with one attached hydrogen (secondary N) is 2. The molecule has 3 rings (SSSR count). The molecular formula is C20H28N4O3. The molecule has 7 heteroatoms. The number of rotatable bonds is 6. The van der Waals surface area contributed by atoms with E-state index >= 15 is 0 Å². The Morgan fingerprint density at radius 3 is 2.59 bits per heavy atom. The first-order valence-electron chi connectivity index (χ1n) is 9.61. The molecule has 0 aromatic heterocycles. The molecule has 1 aromatic rings. The standard InChI is InChI=1S/C20H28N4O3/c1-14(22-23-20(26)19(25)21-17-7-8-17)15-6-9-18(27-2)16(12-15)13-24-10-4-3-5-11-24/h6,9,12,17H,3-5,7-8,10-11,13H2,1-2H3,(H,21,25)(H,23,26)/b22-14-. The van der Waals surface area contributed by atoms with Crippen LogP contribution in [0.3, 0.4) is 0 Å². The van der Waals surface area contributed by atoms with Gasteiger partial charge < -0.3 is 10.1 Å². The van der Waals surface area contributed by atoms with E-state index in [9.17, 15) is 9.59 Å². The highest BCUT2D eigenvalue weighted by Gasteiger charge is 2.26. The van der Waals surface area contributed by atoms with E-state index in [0.717, 1.165) is 49.4 Å². The molecule has 1 aliphatic carbocycles. The van der Waals surface area contributed by atoms with Gasteiger partial charge in [-0.25, -0.2) is 5.43 Å². The molecule has 0 bridgehead atoms. The van der Waals surface area contributed by atoms with E-state index < -0.39 is 11.8 Å². The highest BCUT2D eigenvalue weighted by Crippen LogP contribution is 2.23. The summed E-state index contributed by atoms with van der Waals surface area (Å²) in [6.07, 6.45) is 5.64. The fraction of sp³-hybridized carbons (Fsp3) is 0.550. The van der Waals surface area contributed by atoms with Crippen LogP contribution >= 0.6 is 0 Å². The second-order valence-electron chi connectivity index (χ2n) is 7.25. The Kier molecular flexibility index (Phi) is 6.45. The lowest BCUT2D eigenvalue weighted by molar-refractivity contribution is -0.139. The molecule has 146 valence electrons. The fourth-order valence-corrected chi connectivity index (χ4v) is 3.21. The first-order valence-corrected chi connectivity index (χ1v) is 9.61. The summed E-state index contributed by atoms with van der Waals surface area (Å²) in [5.74, 6) is -0.511. The minimum absolute atomic E-state index is 0.146. The number of likely N-dealkylation sites (tertiary alicyclic amines) is 1. The molecular weight excluding hydrogens is 344 g/mol. The summed E-state index contributed by atoms with van der Waals surface area (Å²) in [5, 5.41) is 6.73. The number of hydrazone groups is 1. The van der Waals surface area contributed by atoms with Crippen molar-refractivity contribution in [2.45, 2.75) is 51.6 Å². The number of carbonyl (C=O) groups excluding carboxylic acids is 2. The molecule has 27 heavy (non-hydrogen) atoms. The van der Waals surface area contributed by atoms with E-state index in [-0.39, 0.29) is 6.04 Å². The molecule has 2 aliphatic rings. The monoisotopic (exact) mass is 372 g/mol. The maximum atomic E-state index is 11.8. The summed E-state index contributed by atoms with van der Waals surface area (Å²) >= 11 is 0. The van der Waals surface area contributed by atoms with Gasteiger partial charge in [0.25, 0.3) is 0 Å². The lowest BCUT2D eigenvalue weighted by Crippen LogP contribution is -2.39. The highest BCUT2D eigenvalue weighted by atomic mass is 16.5. The van der Waals surface area contributed by atoms with E-state index in [2.05, 4.69) is 20.7 Å². The number of hydrogen-bond donors (Lipinski definition) is 2. The number of ether oxygens (including phenoxy) is 1. The van der Waals surface area contributed by atoms with Gasteiger partial charge in [0.2, 0.25) is 0 Å². The Morgan fingerprint density at radius 2 is 1.93 bits per heavy atom. The summed E-state index contributed by atoms with van der Waals surface area (Å²) in [4.78, 5) is 25.9. The van der Waals surface area contributed by atoms with Crippen molar-refractivity contribution in [3.05, 3.63) is 29.3 Å². The van der Waals surface area contributed by atoms with Crippen molar-refractivity contribution in [2.75, 3.05) is 20.2 Å². The molecule has 0 radical (unpaired) electrons. The zero-order valence-corrected chi connectivity index (χ0v) is 16.1. The Bertz CT molecular complexity index is 722. The Hall–Kier alpha value is -2.41. The lowest BCUT2D eigenvalue weighted by Gasteiger charge is -2.27. The average Bonchev–Trinajstić information content (AvgIpc) is 3.50. The van der Waals surface area contributed by atoms with Gasteiger partial charge in [-0.3, -0.25) is 14.5 Å². The Balaban J connectivity index is 1.65. The van der Waals surface area contributed by atoms with Crippen molar-refractivity contribution >= 4 is 17.5 Å². The molecule has 0 unspecified atom stereocenters. The quantitative estimate of drug-likeness (QED) is 0.453. The summed E-state index contributed by atoms with van der Waals surface area (Å²) < 4.78 is 5.50. The predicted molar refractivity (Wildman–Crippen MR) is 104 cm³/mol. The normalized spacial score (nSPS) is 18.1. The summed E-state index contributed by atoms with van der Waals surface area (Å²) in [7, 11) is 1.67. The molecule has 0 atom stereocenters. The fourth-order valence-electron chi connectivity index (χ4n) is 3.21. The second-order valence-corrected chi connectivity index (χ2v) is 7.25. The third kappa shape index (κ3) is 5.53. The van der Waals surface area contributed by atoms with E-state index in [1.807, 2.05) is 25.1 Å². The summed E-state index contributed by atoms with van der Waals surface area (Å²) in [6.45, 7) is 4.85. The van der Waals surface area contributed by atoms with Crippen molar-refractivity contribution < 1.29 is 14.3 Å². The van der Waals surface area contributed by atoms with Gasteiger partial charge in [0.1, 0.15) is 5.75 Å². The van der Waals surface area contributed by atoms with E-state index in [1.54, 1.807) is 7.11 Å².